The van der Waals surface area contributed by atoms with E-state index in [-0.39, 0.29) is 42.0 Å². The van der Waals surface area contributed by atoms with Gasteiger partial charge in [-0.2, -0.15) is 0 Å². The first-order chi connectivity index (χ1) is 13.2. The van der Waals surface area contributed by atoms with Gasteiger partial charge in [0.15, 0.2) is 5.96 Å². The van der Waals surface area contributed by atoms with Crippen LogP contribution in [0.4, 0.5) is 0 Å². The third-order valence-electron chi connectivity index (χ3n) is 3.98. The molecule has 7 nitrogen and oxygen atoms in total. The highest BCUT2D eigenvalue weighted by Gasteiger charge is 2.24. The molecule has 0 fully saturated rings. The van der Waals surface area contributed by atoms with Gasteiger partial charge < -0.3 is 15.7 Å². The molecule has 0 aliphatic carbocycles. The number of rotatable bonds is 9. The Hall–Kier alpha value is -1.21. The number of aryl methyl sites for hydroxylation is 1. The van der Waals surface area contributed by atoms with Crippen LogP contribution in [-0.4, -0.2) is 45.7 Å². The summed E-state index contributed by atoms with van der Waals surface area (Å²) in [7, 11) is -3.54. The predicted molar refractivity (Wildman–Crippen MR) is 130 cm³/mol. The maximum atomic E-state index is 12.3. The number of halogens is 1. The summed E-state index contributed by atoms with van der Waals surface area (Å²) in [4.78, 5) is 5.50. The Balaban J connectivity index is 0.00000420. The number of hydrogen-bond donors (Lipinski definition) is 4. The first kappa shape index (κ1) is 25.8. The van der Waals surface area contributed by atoms with E-state index in [2.05, 4.69) is 20.3 Å². The molecule has 2 aromatic rings. The molecule has 0 bridgehead atoms. The van der Waals surface area contributed by atoms with E-state index in [9.17, 15) is 13.5 Å². The van der Waals surface area contributed by atoms with Crippen LogP contribution in [-0.2, 0) is 15.6 Å². The molecule has 1 aromatic heterocycles. The third kappa shape index (κ3) is 8.21. The van der Waals surface area contributed by atoms with Gasteiger partial charge in [0, 0.05) is 24.5 Å². The van der Waals surface area contributed by atoms with Crippen LogP contribution in [0.1, 0.15) is 24.3 Å². The van der Waals surface area contributed by atoms with E-state index >= 15 is 0 Å². The van der Waals surface area contributed by atoms with Crippen molar-refractivity contribution in [1.82, 2.24) is 15.4 Å². The van der Waals surface area contributed by atoms with Crippen molar-refractivity contribution in [3.05, 3.63) is 52.2 Å². The van der Waals surface area contributed by atoms with Crippen LogP contribution in [0.3, 0.4) is 0 Å². The van der Waals surface area contributed by atoms with Crippen molar-refractivity contribution in [2.45, 2.75) is 31.3 Å². The Labute approximate surface area is 194 Å². The minimum Gasteiger partial charge on any atom is -0.383 e. The van der Waals surface area contributed by atoms with Gasteiger partial charge in [0.2, 0.25) is 10.0 Å². The van der Waals surface area contributed by atoms with Crippen LogP contribution in [0, 0.1) is 6.92 Å². The molecular formula is C19H29IN4O3S2. The fraction of sp³-hybridized carbons (Fsp3) is 0.421. The van der Waals surface area contributed by atoms with E-state index in [1.54, 1.807) is 31.2 Å². The van der Waals surface area contributed by atoms with E-state index in [0.29, 0.717) is 19.0 Å². The number of benzene rings is 1. The van der Waals surface area contributed by atoms with Gasteiger partial charge in [0.1, 0.15) is 5.60 Å². The van der Waals surface area contributed by atoms with Gasteiger partial charge >= 0.3 is 0 Å². The van der Waals surface area contributed by atoms with Gasteiger partial charge in [0.05, 0.1) is 11.4 Å². The second-order valence-electron chi connectivity index (χ2n) is 6.58. The van der Waals surface area contributed by atoms with E-state index in [4.69, 9.17) is 0 Å². The Morgan fingerprint density at radius 2 is 1.86 bits per heavy atom. The van der Waals surface area contributed by atoms with Gasteiger partial charge in [0.25, 0.3) is 0 Å². The Kier molecular flexibility index (Phi) is 10.5. The molecule has 2 rings (SSSR count). The normalized spacial score (nSPS) is 14.0. The first-order valence-corrected chi connectivity index (χ1v) is 11.5. The van der Waals surface area contributed by atoms with E-state index < -0.39 is 15.6 Å². The van der Waals surface area contributed by atoms with Crippen molar-refractivity contribution in [3.63, 3.8) is 0 Å². The minimum absolute atomic E-state index is 0. The second kappa shape index (κ2) is 11.8. The quantitative estimate of drug-likeness (QED) is 0.166. The molecule has 0 amide bonds. The smallest absolute Gasteiger partial charge is 0.240 e. The zero-order valence-electron chi connectivity index (χ0n) is 16.8. The van der Waals surface area contributed by atoms with Crippen LogP contribution < -0.4 is 15.4 Å². The van der Waals surface area contributed by atoms with Crippen molar-refractivity contribution in [2.24, 2.45) is 4.99 Å². The Morgan fingerprint density at radius 3 is 2.45 bits per heavy atom. The van der Waals surface area contributed by atoms with E-state index in [1.807, 2.05) is 31.4 Å². The van der Waals surface area contributed by atoms with Crippen molar-refractivity contribution in [3.8, 4) is 0 Å². The molecule has 1 aromatic carbocycles. The van der Waals surface area contributed by atoms with Gasteiger partial charge in [-0.25, -0.2) is 18.1 Å². The second-order valence-corrected chi connectivity index (χ2v) is 9.30. The lowest BCUT2D eigenvalue weighted by Crippen LogP contribution is -2.42. The summed E-state index contributed by atoms with van der Waals surface area (Å²) in [5.74, 6) is 0.522. The highest BCUT2D eigenvalue weighted by atomic mass is 127. The Morgan fingerprint density at radius 1 is 1.17 bits per heavy atom. The van der Waals surface area contributed by atoms with Crippen molar-refractivity contribution in [2.75, 3.05) is 26.2 Å². The number of thiophene rings is 1. The fourth-order valence-corrected chi connectivity index (χ4v) is 4.22. The average Bonchev–Trinajstić information content (AvgIpc) is 3.19. The number of sulfonamides is 1. The zero-order valence-corrected chi connectivity index (χ0v) is 20.8. The van der Waals surface area contributed by atoms with E-state index in [1.165, 1.54) is 11.3 Å². The number of nitrogens with zero attached hydrogens (tertiary/aromatic N) is 1. The monoisotopic (exact) mass is 552 g/mol. The summed E-state index contributed by atoms with van der Waals surface area (Å²) >= 11 is 1.48. The molecule has 0 saturated carbocycles. The molecule has 10 heteroatoms. The van der Waals surface area contributed by atoms with Crippen LogP contribution in [0.15, 0.2) is 51.7 Å². The predicted octanol–water partition coefficient (Wildman–Crippen LogP) is 2.42. The first-order valence-electron chi connectivity index (χ1n) is 9.09. The number of aliphatic hydroxyl groups is 1. The highest BCUT2D eigenvalue weighted by molar-refractivity contribution is 14.0. The maximum Gasteiger partial charge on any atom is 0.240 e. The van der Waals surface area contributed by atoms with Crippen molar-refractivity contribution in [1.29, 1.82) is 0 Å². The molecule has 29 heavy (non-hydrogen) atoms. The minimum atomic E-state index is -3.54. The van der Waals surface area contributed by atoms with Crippen LogP contribution in [0.2, 0.25) is 0 Å². The van der Waals surface area contributed by atoms with Crippen molar-refractivity contribution < 1.29 is 13.5 Å². The molecular weight excluding hydrogens is 523 g/mol. The zero-order chi connectivity index (χ0) is 20.6. The molecule has 1 unspecified atom stereocenters. The number of nitrogens with one attached hydrogen (secondary N) is 3. The maximum absolute atomic E-state index is 12.3. The molecule has 1 heterocycles. The summed E-state index contributed by atoms with van der Waals surface area (Å²) in [6, 6.07) is 10.5. The largest absolute Gasteiger partial charge is 0.383 e. The van der Waals surface area contributed by atoms with Crippen molar-refractivity contribution >= 4 is 51.3 Å². The highest BCUT2D eigenvalue weighted by Crippen LogP contribution is 2.25. The molecule has 4 N–H and O–H groups in total. The third-order valence-corrected chi connectivity index (χ3v) is 6.58. The lowest BCUT2D eigenvalue weighted by molar-refractivity contribution is 0.0711. The summed E-state index contributed by atoms with van der Waals surface area (Å²) in [6.07, 6.45) is 0. The lowest BCUT2D eigenvalue weighted by atomic mass is 10.1. The molecule has 162 valence electrons. The molecule has 0 spiro atoms. The molecule has 0 aliphatic heterocycles. The molecule has 0 saturated heterocycles. The van der Waals surface area contributed by atoms with Gasteiger partial charge in [-0.1, -0.05) is 23.8 Å². The Bertz CT molecular complexity index is 867. The van der Waals surface area contributed by atoms with Crippen LogP contribution in [0.25, 0.3) is 0 Å². The standard InChI is InChI=1S/C19H28N4O3S2.HI/c1-4-20-18(22-14-19(3,24)17-6-5-13-27-17)21-11-12-23-28(25,26)16-9-7-15(2)8-10-16;/h5-10,13,23-24H,4,11-12,14H2,1-3H3,(H2,20,21,22);1H. The number of hydrogen-bond acceptors (Lipinski definition) is 5. The topological polar surface area (TPSA) is 103 Å². The lowest BCUT2D eigenvalue weighted by Gasteiger charge is -2.20. The van der Waals surface area contributed by atoms with E-state index in [0.717, 1.165) is 10.4 Å². The summed E-state index contributed by atoms with van der Waals surface area (Å²) < 4.78 is 27.1. The molecule has 0 aliphatic rings. The number of guanidine groups is 1. The van der Waals surface area contributed by atoms with Crippen LogP contribution >= 0.6 is 35.3 Å². The van der Waals surface area contributed by atoms with Gasteiger partial charge in [-0.3, -0.25) is 0 Å². The van der Waals surface area contributed by atoms with Crippen LogP contribution in [0.5, 0.6) is 0 Å². The average molecular weight is 553 g/mol. The summed E-state index contributed by atoms with van der Waals surface area (Å²) in [5.41, 5.74) is -0.0469. The fourth-order valence-electron chi connectivity index (χ4n) is 2.40. The number of aliphatic imine (C=N–C) groups is 1. The molecule has 0 radical (unpaired) electrons. The summed E-state index contributed by atoms with van der Waals surface area (Å²) in [6.45, 7) is 6.99. The van der Waals surface area contributed by atoms with Gasteiger partial charge in [-0.15, -0.1) is 35.3 Å². The van der Waals surface area contributed by atoms with Gasteiger partial charge in [-0.05, 0) is 44.4 Å². The SMILES string of the molecule is CCNC(=NCC(C)(O)c1cccs1)NCCNS(=O)(=O)c1ccc(C)cc1.I. The molecule has 1 atom stereocenters. The summed E-state index contributed by atoms with van der Waals surface area (Å²) in [5, 5.41) is 18.7.